The van der Waals surface area contributed by atoms with Gasteiger partial charge in [0.15, 0.2) is 0 Å². The van der Waals surface area contributed by atoms with Gasteiger partial charge >= 0.3 is 0 Å². The number of rotatable bonds is 9. The van der Waals surface area contributed by atoms with Crippen LogP contribution in [0.1, 0.15) is 47.0 Å². The van der Waals surface area contributed by atoms with E-state index in [1.807, 2.05) is 40.1 Å². The van der Waals surface area contributed by atoms with Crippen LogP contribution in [-0.2, 0) is 9.59 Å². The lowest BCUT2D eigenvalue weighted by Crippen LogP contribution is -2.32. The van der Waals surface area contributed by atoms with Gasteiger partial charge in [-0.05, 0) is 12.0 Å². The third kappa shape index (κ3) is 5.78. The molecule has 1 heterocycles. The molecule has 0 saturated heterocycles. The Morgan fingerprint density at radius 2 is 2.00 bits per heavy atom. The van der Waals surface area contributed by atoms with E-state index in [-0.39, 0.29) is 29.4 Å². The van der Waals surface area contributed by atoms with Crippen LogP contribution in [0.2, 0.25) is 0 Å². The van der Waals surface area contributed by atoms with E-state index in [9.17, 15) is 9.59 Å². The zero-order valence-electron chi connectivity index (χ0n) is 13.0. The standard InChI is InChI=1S/C16H26N2O2/c1-11(2)16(20)14(7-13-5-6-17-9-13)8-15(19)10-18-12(3)4/h6,9,11-12,14,18H,5,7-8,10H2,1-4H3/t14-/m0/s1. The normalized spacial score (nSPS) is 15.8. The van der Waals surface area contributed by atoms with Gasteiger partial charge in [-0.15, -0.1) is 0 Å². The third-order valence-electron chi connectivity index (χ3n) is 3.38. The van der Waals surface area contributed by atoms with Gasteiger partial charge in [0.2, 0.25) is 0 Å². The maximum Gasteiger partial charge on any atom is 0.147 e. The SMILES string of the molecule is CC(C)NCC(=O)C[C@H](CC1=CN=CC1)C(=O)C(C)C. The average molecular weight is 278 g/mol. The van der Waals surface area contributed by atoms with E-state index in [0.717, 1.165) is 12.0 Å². The fourth-order valence-electron chi connectivity index (χ4n) is 2.24. The van der Waals surface area contributed by atoms with Crippen molar-refractivity contribution >= 4 is 17.8 Å². The van der Waals surface area contributed by atoms with Crippen molar-refractivity contribution in [2.75, 3.05) is 6.54 Å². The number of allylic oxidation sites excluding steroid dienone is 1. The Bertz CT molecular complexity index is 409. The van der Waals surface area contributed by atoms with Crippen LogP contribution in [0.15, 0.2) is 16.8 Å². The predicted molar refractivity (Wildman–Crippen MR) is 81.9 cm³/mol. The van der Waals surface area contributed by atoms with Gasteiger partial charge in [0.1, 0.15) is 11.6 Å². The smallest absolute Gasteiger partial charge is 0.147 e. The van der Waals surface area contributed by atoms with Crippen molar-refractivity contribution in [3.05, 3.63) is 11.8 Å². The molecule has 1 rings (SSSR count). The summed E-state index contributed by atoms with van der Waals surface area (Å²) in [6.45, 7) is 8.14. The highest BCUT2D eigenvalue weighted by molar-refractivity contribution is 5.90. The monoisotopic (exact) mass is 278 g/mol. The first-order valence-corrected chi connectivity index (χ1v) is 7.38. The van der Waals surface area contributed by atoms with E-state index in [1.165, 1.54) is 0 Å². The molecule has 0 bridgehead atoms. The molecule has 0 aromatic heterocycles. The van der Waals surface area contributed by atoms with Crippen molar-refractivity contribution < 1.29 is 9.59 Å². The molecule has 112 valence electrons. The van der Waals surface area contributed by atoms with Crippen LogP contribution in [0, 0.1) is 11.8 Å². The summed E-state index contributed by atoms with van der Waals surface area (Å²) in [6, 6.07) is 0.282. The minimum absolute atomic E-state index is 0.0335. The summed E-state index contributed by atoms with van der Waals surface area (Å²) in [6.07, 6.45) is 5.45. The summed E-state index contributed by atoms with van der Waals surface area (Å²) >= 11 is 0. The lowest BCUT2D eigenvalue weighted by atomic mass is 9.85. The second-order valence-corrected chi connectivity index (χ2v) is 6.06. The van der Waals surface area contributed by atoms with E-state index in [4.69, 9.17) is 0 Å². The Morgan fingerprint density at radius 3 is 2.50 bits per heavy atom. The van der Waals surface area contributed by atoms with Gasteiger partial charge in [0.05, 0.1) is 6.54 Å². The first kappa shape index (κ1) is 16.8. The van der Waals surface area contributed by atoms with Gasteiger partial charge < -0.3 is 5.32 Å². The molecule has 1 N–H and O–H groups in total. The Morgan fingerprint density at radius 1 is 1.30 bits per heavy atom. The van der Waals surface area contributed by atoms with E-state index >= 15 is 0 Å². The maximum absolute atomic E-state index is 12.3. The second-order valence-electron chi connectivity index (χ2n) is 6.06. The summed E-state index contributed by atoms with van der Waals surface area (Å²) < 4.78 is 0. The molecule has 0 radical (unpaired) electrons. The molecule has 0 spiro atoms. The van der Waals surface area contributed by atoms with Crippen LogP contribution in [0.4, 0.5) is 0 Å². The van der Waals surface area contributed by atoms with Crippen LogP contribution >= 0.6 is 0 Å². The van der Waals surface area contributed by atoms with Crippen LogP contribution in [0.25, 0.3) is 0 Å². The zero-order chi connectivity index (χ0) is 15.1. The maximum atomic E-state index is 12.3. The average Bonchev–Trinajstić information content (AvgIpc) is 2.87. The number of nitrogens with one attached hydrogen (secondary N) is 1. The highest BCUT2D eigenvalue weighted by Gasteiger charge is 2.25. The molecule has 0 fully saturated rings. The van der Waals surface area contributed by atoms with Crippen molar-refractivity contribution in [3.8, 4) is 0 Å². The quantitative estimate of drug-likeness (QED) is 0.705. The van der Waals surface area contributed by atoms with Gasteiger partial charge in [-0.1, -0.05) is 27.7 Å². The number of hydrogen-bond donors (Lipinski definition) is 1. The number of nitrogens with zero attached hydrogens (tertiary/aromatic N) is 1. The van der Waals surface area contributed by atoms with Crippen molar-refractivity contribution in [1.29, 1.82) is 0 Å². The molecule has 0 amide bonds. The summed E-state index contributed by atoms with van der Waals surface area (Å²) in [5.74, 6) is 0.0473. The van der Waals surface area contributed by atoms with Gasteiger partial charge in [-0.2, -0.15) is 0 Å². The fourth-order valence-corrected chi connectivity index (χ4v) is 2.24. The second kappa shape index (κ2) is 8.10. The van der Waals surface area contributed by atoms with Gasteiger partial charge in [0, 0.05) is 43.1 Å². The van der Waals surface area contributed by atoms with Crippen LogP contribution in [0.3, 0.4) is 0 Å². The molecule has 0 aliphatic carbocycles. The number of aliphatic imine (C=N–C) groups is 1. The molecule has 1 aliphatic heterocycles. The van der Waals surface area contributed by atoms with Gasteiger partial charge in [-0.25, -0.2) is 0 Å². The van der Waals surface area contributed by atoms with Crippen molar-refractivity contribution in [3.63, 3.8) is 0 Å². The molecule has 20 heavy (non-hydrogen) atoms. The minimum Gasteiger partial charge on any atom is -0.308 e. The number of Topliss-reactive ketones (excluding diaryl/α,β-unsaturated/α-hetero) is 2. The summed E-state index contributed by atoms with van der Waals surface area (Å²) in [5, 5.41) is 3.11. The Hall–Kier alpha value is -1.29. The van der Waals surface area contributed by atoms with Crippen LogP contribution in [0.5, 0.6) is 0 Å². The highest BCUT2D eigenvalue weighted by Crippen LogP contribution is 2.23. The number of carbonyl (C=O) groups is 2. The molecule has 1 aliphatic rings. The zero-order valence-corrected chi connectivity index (χ0v) is 13.0. The van der Waals surface area contributed by atoms with Crippen LogP contribution in [-0.4, -0.2) is 30.4 Å². The van der Waals surface area contributed by atoms with E-state index in [1.54, 1.807) is 0 Å². The fraction of sp³-hybridized carbons (Fsp3) is 0.688. The number of ketones is 2. The third-order valence-corrected chi connectivity index (χ3v) is 3.38. The predicted octanol–water partition coefficient (Wildman–Crippen LogP) is 2.53. The molecule has 0 aromatic carbocycles. The molecule has 0 aromatic rings. The van der Waals surface area contributed by atoms with Crippen molar-refractivity contribution in [1.82, 2.24) is 5.32 Å². The lowest BCUT2D eigenvalue weighted by molar-refractivity contribution is -0.129. The van der Waals surface area contributed by atoms with E-state index < -0.39 is 0 Å². The topological polar surface area (TPSA) is 58.5 Å². The van der Waals surface area contributed by atoms with Crippen LogP contribution < -0.4 is 5.32 Å². The Labute approximate surface area is 121 Å². The Kier molecular flexibility index (Phi) is 6.79. The van der Waals surface area contributed by atoms with Gasteiger partial charge in [-0.3, -0.25) is 14.6 Å². The first-order valence-electron chi connectivity index (χ1n) is 7.38. The van der Waals surface area contributed by atoms with E-state index in [2.05, 4.69) is 10.3 Å². The molecular weight excluding hydrogens is 252 g/mol. The summed E-state index contributed by atoms with van der Waals surface area (Å²) in [5.41, 5.74) is 1.15. The lowest BCUT2D eigenvalue weighted by Gasteiger charge is -2.18. The van der Waals surface area contributed by atoms with Crippen molar-refractivity contribution in [2.24, 2.45) is 16.8 Å². The summed E-state index contributed by atoms with van der Waals surface area (Å²) in [7, 11) is 0. The highest BCUT2D eigenvalue weighted by atomic mass is 16.1. The molecule has 1 atom stereocenters. The summed E-state index contributed by atoms with van der Waals surface area (Å²) in [4.78, 5) is 28.3. The van der Waals surface area contributed by atoms with Gasteiger partial charge in [0.25, 0.3) is 0 Å². The number of carbonyl (C=O) groups excluding carboxylic acids is 2. The van der Waals surface area contributed by atoms with E-state index in [0.29, 0.717) is 19.4 Å². The molecule has 4 heteroatoms. The molecule has 0 unspecified atom stereocenters. The molecule has 0 saturated carbocycles. The number of hydrogen-bond acceptors (Lipinski definition) is 4. The Balaban J connectivity index is 2.58. The first-order chi connectivity index (χ1) is 9.40. The largest absolute Gasteiger partial charge is 0.308 e. The molecular formula is C16H26N2O2. The molecule has 4 nitrogen and oxygen atoms in total. The minimum atomic E-state index is -0.204. The van der Waals surface area contributed by atoms with Crippen molar-refractivity contribution in [2.45, 2.75) is 53.0 Å².